The highest BCUT2D eigenvalue weighted by Gasteiger charge is 2.21. The van der Waals surface area contributed by atoms with Crippen molar-refractivity contribution >= 4 is 6.41 Å². The summed E-state index contributed by atoms with van der Waals surface area (Å²) < 4.78 is 10.8. The molecule has 23 heavy (non-hydrogen) atoms. The van der Waals surface area contributed by atoms with E-state index >= 15 is 0 Å². The third-order valence-electron chi connectivity index (χ3n) is 3.52. The summed E-state index contributed by atoms with van der Waals surface area (Å²) in [4.78, 5) is 10.6. The number of nitrogens with zero attached hydrogens (tertiary/aromatic N) is 4. The van der Waals surface area contributed by atoms with Crippen LogP contribution in [0, 0.1) is 6.92 Å². The summed E-state index contributed by atoms with van der Waals surface area (Å²) in [6.07, 6.45) is 4.63. The van der Waals surface area contributed by atoms with E-state index in [1.807, 2.05) is 13.0 Å². The second kappa shape index (κ2) is 8.42. The maximum Gasteiger partial charge on any atom is 0.233 e. The number of rotatable bonds is 10. The maximum atomic E-state index is 10.6. The van der Waals surface area contributed by atoms with Crippen LogP contribution in [0.3, 0.4) is 0 Å². The van der Waals surface area contributed by atoms with Crippen molar-refractivity contribution in [3.05, 3.63) is 29.3 Å². The quantitative estimate of drug-likeness (QED) is 0.310. The summed E-state index contributed by atoms with van der Waals surface area (Å²) in [6.45, 7) is 4.09. The van der Waals surface area contributed by atoms with Gasteiger partial charge in [-0.3, -0.25) is 10.0 Å². The number of aryl methyl sites for hydroxylation is 1. The molecule has 2 heterocycles. The molecule has 1 unspecified atom stereocenters. The van der Waals surface area contributed by atoms with Crippen LogP contribution in [0.1, 0.15) is 61.8 Å². The van der Waals surface area contributed by atoms with Crippen molar-refractivity contribution in [1.29, 1.82) is 0 Å². The number of hydrogen-bond acceptors (Lipinski definition) is 7. The van der Waals surface area contributed by atoms with Crippen molar-refractivity contribution in [1.82, 2.24) is 20.4 Å². The zero-order chi connectivity index (χ0) is 16.7. The van der Waals surface area contributed by atoms with Gasteiger partial charge in [-0.2, -0.15) is 0 Å². The molecule has 0 fully saturated rings. The summed E-state index contributed by atoms with van der Waals surface area (Å²) in [5, 5.41) is 21.9. The summed E-state index contributed by atoms with van der Waals surface area (Å²) >= 11 is 0. The standard InChI is InChI=1S/C15H22N4O4/c1-3-4-5-6-12(9-19(21)10-20)15-17-16-14(22-15)8-13-7-11(2)18-23-13/h7,10,12,21H,3-6,8-9H2,1-2H3. The first-order valence-electron chi connectivity index (χ1n) is 7.77. The molecule has 2 rings (SSSR count). The van der Waals surface area contributed by atoms with E-state index in [1.165, 1.54) is 0 Å². The highest BCUT2D eigenvalue weighted by atomic mass is 16.5. The second-order valence-corrected chi connectivity index (χ2v) is 5.57. The minimum atomic E-state index is -0.186. The predicted octanol–water partition coefficient (Wildman–Crippen LogP) is 2.47. The molecule has 2 aromatic heterocycles. The molecular weight excluding hydrogens is 300 g/mol. The summed E-state index contributed by atoms with van der Waals surface area (Å²) in [5.74, 6) is 1.31. The Hall–Kier alpha value is -2.22. The molecule has 0 radical (unpaired) electrons. The highest BCUT2D eigenvalue weighted by Crippen LogP contribution is 2.23. The molecule has 0 aromatic carbocycles. The Bertz CT molecular complexity index is 610. The molecule has 0 saturated heterocycles. The first kappa shape index (κ1) is 17.1. The van der Waals surface area contributed by atoms with Crippen molar-refractivity contribution in [2.45, 2.75) is 51.9 Å². The first-order chi connectivity index (χ1) is 11.1. The highest BCUT2D eigenvalue weighted by molar-refractivity contribution is 5.44. The predicted molar refractivity (Wildman–Crippen MR) is 79.8 cm³/mol. The molecule has 1 N–H and O–H groups in total. The summed E-state index contributed by atoms with van der Waals surface area (Å²) in [5.41, 5.74) is 0.791. The third kappa shape index (κ3) is 5.17. The largest absolute Gasteiger partial charge is 0.424 e. The average Bonchev–Trinajstić information content (AvgIpc) is 3.16. The van der Waals surface area contributed by atoms with Crippen LogP contribution < -0.4 is 0 Å². The van der Waals surface area contributed by atoms with Crippen LogP contribution in [0.4, 0.5) is 0 Å². The molecule has 1 amide bonds. The number of unbranched alkanes of at least 4 members (excludes halogenated alkanes) is 2. The lowest BCUT2D eigenvalue weighted by Crippen LogP contribution is -2.24. The number of carbonyl (C=O) groups excluding carboxylic acids is 1. The van der Waals surface area contributed by atoms with Crippen LogP contribution in [0.2, 0.25) is 0 Å². The lowest BCUT2D eigenvalue weighted by molar-refractivity contribution is -0.151. The van der Waals surface area contributed by atoms with E-state index in [2.05, 4.69) is 22.3 Å². The van der Waals surface area contributed by atoms with Crippen molar-refractivity contribution in [3.63, 3.8) is 0 Å². The van der Waals surface area contributed by atoms with Crippen molar-refractivity contribution in [2.75, 3.05) is 6.54 Å². The van der Waals surface area contributed by atoms with E-state index in [0.29, 0.717) is 35.4 Å². The molecule has 1 atom stereocenters. The van der Waals surface area contributed by atoms with Crippen LogP contribution in [0.25, 0.3) is 0 Å². The zero-order valence-electron chi connectivity index (χ0n) is 13.4. The van der Waals surface area contributed by atoms with Crippen LogP contribution >= 0.6 is 0 Å². The van der Waals surface area contributed by atoms with Crippen molar-refractivity contribution < 1.29 is 18.9 Å². The Morgan fingerprint density at radius 3 is 2.87 bits per heavy atom. The van der Waals surface area contributed by atoms with Crippen molar-refractivity contribution in [2.24, 2.45) is 0 Å². The van der Waals surface area contributed by atoms with Gasteiger partial charge in [0.2, 0.25) is 18.2 Å². The topological polar surface area (TPSA) is 105 Å². The number of hydroxylamine groups is 2. The SMILES string of the molecule is CCCCCC(CN(O)C=O)c1nnc(Cc2cc(C)no2)o1. The Kier molecular flexibility index (Phi) is 6.28. The van der Waals surface area contributed by atoms with E-state index in [4.69, 9.17) is 8.94 Å². The van der Waals surface area contributed by atoms with Gasteiger partial charge in [0.25, 0.3) is 0 Å². The van der Waals surface area contributed by atoms with E-state index in [1.54, 1.807) is 0 Å². The smallest absolute Gasteiger partial charge is 0.233 e. The molecule has 0 bridgehead atoms. The molecule has 0 saturated carbocycles. The van der Waals surface area contributed by atoms with Crippen LogP contribution in [0.15, 0.2) is 15.0 Å². The Morgan fingerprint density at radius 2 is 2.22 bits per heavy atom. The maximum absolute atomic E-state index is 10.6. The van der Waals surface area contributed by atoms with Gasteiger partial charge in [-0.1, -0.05) is 31.3 Å². The van der Waals surface area contributed by atoms with Gasteiger partial charge in [-0.05, 0) is 13.3 Å². The molecule has 8 heteroatoms. The summed E-state index contributed by atoms with van der Waals surface area (Å²) in [7, 11) is 0. The van der Waals surface area contributed by atoms with Crippen LogP contribution in [-0.4, -0.2) is 38.6 Å². The molecule has 0 aliphatic carbocycles. The second-order valence-electron chi connectivity index (χ2n) is 5.57. The van der Waals surface area contributed by atoms with Gasteiger partial charge in [0, 0.05) is 6.07 Å². The molecule has 8 nitrogen and oxygen atoms in total. The normalized spacial score (nSPS) is 12.3. The fourth-order valence-corrected chi connectivity index (χ4v) is 2.35. The van der Waals surface area contributed by atoms with Gasteiger partial charge in [-0.25, -0.2) is 5.06 Å². The monoisotopic (exact) mass is 322 g/mol. The molecular formula is C15H22N4O4. The van der Waals surface area contributed by atoms with Crippen LogP contribution in [-0.2, 0) is 11.2 Å². The van der Waals surface area contributed by atoms with E-state index in [0.717, 1.165) is 31.4 Å². The number of amides is 1. The van der Waals surface area contributed by atoms with Gasteiger partial charge in [0.05, 0.1) is 24.6 Å². The van der Waals surface area contributed by atoms with E-state index in [9.17, 15) is 10.0 Å². The molecule has 126 valence electrons. The van der Waals surface area contributed by atoms with Gasteiger partial charge in [-0.15, -0.1) is 10.2 Å². The third-order valence-corrected chi connectivity index (χ3v) is 3.52. The fourth-order valence-electron chi connectivity index (χ4n) is 2.35. The number of carbonyl (C=O) groups is 1. The first-order valence-corrected chi connectivity index (χ1v) is 7.77. The Morgan fingerprint density at radius 1 is 1.39 bits per heavy atom. The number of hydrogen-bond donors (Lipinski definition) is 1. The fraction of sp³-hybridized carbons (Fsp3) is 0.600. The molecule has 2 aromatic rings. The molecule has 0 spiro atoms. The van der Waals surface area contributed by atoms with E-state index in [-0.39, 0.29) is 12.5 Å². The number of aromatic nitrogens is 3. The minimum Gasteiger partial charge on any atom is -0.424 e. The van der Waals surface area contributed by atoms with Crippen LogP contribution in [0.5, 0.6) is 0 Å². The summed E-state index contributed by atoms with van der Waals surface area (Å²) in [6, 6.07) is 1.81. The zero-order valence-corrected chi connectivity index (χ0v) is 13.4. The Labute approximate surface area is 134 Å². The minimum absolute atomic E-state index is 0.135. The van der Waals surface area contributed by atoms with E-state index < -0.39 is 0 Å². The average molecular weight is 322 g/mol. The lowest BCUT2D eigenvalue weighted by Gasteiger charge is -2.16. The van der Waals surface area contributed by atoms with Gasteiger partial charge < -0.3 is 8.94 Å². The van der Waals surface area contributed by atoms with Gasteiger partial charge >= 0.3 is 0 Å². The van der Waals surface area contributed by atoms with Crippen molar-refractivity contribution in [3.8, 4) is 0 Å². The molecule has 0 aliphatic rings. The molecule has 0 aliphatic heterocycles. The van der Waals surface area contributed by atoms with Gasteiger partial charge in [0.15, 0.2) is 0 Å². The Balaban J connectivity index is 2.03. The van der Waals surface area contributed by atoms with Gasteiger partial charge in [0.1, 0.15) is 5.76 Å². The lowest BCUT2D eigenvalue weighted by atomic mass is 10.0.